The molecule has 1 aliphatic heterocycles. The third-order valence-electron chi connectivity index (χ3n) is 3.95. The van der Waals surface area contributed by atoms with Crippen molar-refractivity contribution in [2.24, 2.45) is 10.7 Å². The number of aliphatic imine (C=N–C) groups is 1. The van der Waals surface area contributed by atoms with Gasteiger partial charge in [0.25, 0.3) is 11.9 Å². The van der Waals surface area contributed by atoms with Crippen LogP contribution in [0.3, 0.4) is 0 Å². The first kappa shape index (κ1) is 18.5. The third kappa shape index (κ3) is 4.10. The van der Waals surface area contributed by atoms with E-state index in [-0.39, 0.29) is 23.9 Å². The van der Waals surface area contributed by atoms with Crippen LogP contribution in [0.4, 0.5) is 23.7 Å². The number of benzene rings is 1. The van der Waals surface area contributed by atoms with Gasteiger partial charge in [0.2, 0.25) is 0 Å². The first-order valence-electron chi connectivity index (χ1n) is 7.85. The molecule has 7 nitrogen and oxygen atoms in total. The maximum atomic E-state index is 14.3. The molecule has 27 heavy (non-hydrogen) atoms. The van der Waals surface area contributed by atoms with Crippen LogP contribution in [0.1, 0.15) is 18.9 Å². The van der Waals surface area contributed by atoms with Crippen LogP contribution in [0.25, 0.3) is 0 Å². The zero-order valence-corrected chi connectivity index (χ0v) is 14.1. The molecule has 0 spiro atoms. The van der Waals surface area contributed by atoms with Gasteiger partial charge in [0, 0.05) is 23.7 Å². The predicted octanol–water partition coefficient (Wildman–Crippen LogP) is 3.06. The number of nitrogens with two attached hydrogens (primary N) is 1. The minimum atomic E-state index is -1.13. The van der Waals surface area contributed by atoms with Gasteiger partial charge in [0.1, 0.15) is 11.6 Å². The molecule has 10 heteroatoms. The Morgan fingerprint density at radius 1 is 1.30 bits per heavy atom. The number of nitrogens with zero attached hydrogens (tertiary/aromatic N) is 2. The van der Waals surface area contributed by atoms with Crippen molar-refractivity contribution < 1.29 is 27.4 Å². The highest BCUT2D eigenvalue weighted by molar-refractivity contribution is 5.86. The van der Waals surface area contributed by atoms with Crippen molar-refractivity contribution in [1.82, 2.24) is 4.98 Å². The van der Waals surface area contributed by atoms with Gasteiger partial charge in [-0.1, -0.05) is 0 Å². The summed E-state index contributed by atoms with van der Waals surface area (Å²) in [7, 11) is 0. The van der Waals surface area contributed by atoms with E-state index in [1.807, 2.05) is 0 Å². The molecule has 1 aromatic heterocycles. The Morgan fingerprint density at radius 2 is 2.07 bits per heavy atom. The van der Waals surface area contributed by atoms with Crippen molar-refractivity contribution in [2.75, 3.05) is 11.9 Å². The molecular weight excluding hydrogens is 365 g/mol. The van der Waals surface area contributed by atoms with E-state index in [2.05, 4.69) is 15.3 Å². The SMILES string of the molecule is C[C@@]1(c2cc(NC(=O)Oc3ncc(F)cc3F)ccc2F)CCOC(N)=N1. The number of anilines is 1. The number of amides is 1. The lowest BCUT2D eigenvalue weighted by Gasteiger charge is -2.30. The number of nitrogens with one attached hydrogen (secondary N) is 1. The van der Waals surface area contributed by atoms with E-state index in [1.165, 1.54) is 12.1 Å². The molecule has 0 saturated heterocycles. The Balaban J connectivity index is 1.80. The zero-order valence-electron chi connectivity index (χ0n) is 14.1. The summed E-state index contributed by atoms with van der Waals surface area (Å²) in [5.74, 6) is -3.27. The van der Waals surface area contributed by atoms with E-state index in [9.17, 15) is 18.0 Å². The lowest BCUT2D eigenvalue weighted by molar-refractivity contribution is 0.210. The van der Waals surface area contributed by atoms with Gasteiger partial charge < -0.3 is 15.2 Å². The molecule has 2 aromatic rings. The van der Waals surface area contributed by atoms with Crippen LogP contribution in [-0.4, -0.2) is 23.7 Å². The Hall–Kier alpha value is -3.30. The van der Waals surface area contributed by atoms with Crippen molar-refractivity contribution in [1.29, 1.82) is 0 Å². The third-order valence-corrected chi connectivity index (χ3v) is 3.95. The van der Waals surface area contributed by atoms with Crippen LogP contribution < -0.4 is 15.8 Å². The number of halogens is 3. The predicted molar refractivity (Wildman–Crippen MR) is 89.7 cm³/mol. The molecular formula is C17H15F3N4O3. The summed E-state index contributed by atoms with van der Waals surface area (Å²) >= 11 is 0. The molecule has 1 amide bonds. The molecule has 1 aliphatic rings. The summed E-state index contributed by atoms with van der Waals surface area (Å²) in [6, 6.07) is 4.28. The summed E-state index contributed by atoms with van der Waals surface area (Å²) in [5.41, 5.74) is 4.97. The first-order valence-corrected chi connectivity index (χ1v) is 7.85. The average molecular weight is 380 g/mol. The first-order chi connectivity index (χ1) is 12.8. The maximum absolute atomic E-state index is 14.3. The van der Waals surface area contributed by atoms with Gasteiger partial charge in [-0.15, -0.1) is 0 Å². The topological polar surface area (TPSA) is 98.8 Å². The van der Waals surface area contributed by atoms with E-state index in [0.29, 0.717) is 18.7 Å². The monoisotopic (exact) mass is 380 g/mol. The van der Waals surface area contributed by atoms with Gasteiger partial charge in [0.15, 0.2) is 5.82 Å². The molecule has 3 rings (SSSR count). The van der Waals surface area contributed by atoms with Crippen molar-refractivity contribution in [3.05, 3.63) is 53.5 Å². The van der Waals surface area contributed by atoms with Gasteiger partial charge in [-0.25, -0.2) is 27.9 Å². The number of hydrogen-bond donors (Lipinski definition) is 2. The number of aromatic nitrogens is 1. The fourth-order valence-electron chi connectivity index (χ4n) is 2.60. The number of carbonyl (C=O) groups excluding carboxylic acids is 1. The van der Waals surface area contributed by atoms with E-state index >= 15 is 0 Å². The molecule has 1 aromatic carbocycles. The molecule has 2 heterocycles. The summed E-state index contributed by atoms with van der Waals surface area (Å²) in [4.78, 5) is 19.4. The summed E-state index contributed by atoms with van der Waals surface area (Å²) in [6.45, 7) is 1.95. The van der Waals surface area contributed by atoms with Gasteiger partial charge in [0.05, 0.1) is 18.3 Å². The number of amidine groups is 1. The molecule has 3 N–H and O–H groups in total. The molecule has 0 unspecified atom stereocenters. The fourth-order valence-corrected chi connectivity index (χ4v) is 2.60. The van der Waals surface area contributed by atoms with Gasteiger partial charge in [-0.05, 0) is 25.1 Å². The lowest BCUT2D eigenvalue weighted by atomic mass is 9.88. The average Bonchev–Trinajstić information content (AvgIpc) is 2.59. The fraction of sp³-hybridized carbons (Fsp3) is 0.235. The van der Waals surface area contributed by atoms with Crippen molar-refractivity contribution >= 4 is 17.8 Å². The maximum Gasteiger partial charge on any atom is 0.418 e. The van der Waals surface area contributed by atoms with Crippen molar-refractivity contribution in [3.8, 4) is 5.88 Å². The molecule has 1 atom stereocenters. The summed E-state index contributed by atoms with van der Waals surface area (Å²) < 4.78 is 50.4. The van der Waals surface area contributed by atoms with Gasteiger partial charge >= 0.3 is 6.09 Å². The normalized spacial score (nSPS) is 19.0. The van der Waals surface area contributed by atoms with E-state index in [1.54, 1.807) is 6.92 Å². The number of hydrogen-bond acceptors (Lipinski definition) is 6. The zero-order chi connectivity index (χ0) is 19.6. The molecule has 0 radical (unpaired) electrons. The minimum Gasteiger partial charge on any atom is -0.465 e. The second-order valence-electron chi connectivity index (χ2n) is 5.97. The molecule has 0 aliphatic carbocycles. The van der Waals surface area contributed by atoms with Crippen molar-refractivity contribution in [2.45, 2.75) is 18.9 Å². The van der Waals surface area contributed by atoms with E-state index < -0.39 is 35.0 Å². The number of rotatable bonds is 3. The Labute approximate surface area is 152 Å². The molecule has 142 valence electrons. The summed E-state index contributed by atoms with van der Waals surface area (Å²) in [6.07, 6.45) is 0.00461. The van der Waals surface area contributed by atoms with Crippen LogP contribution in [0.15, 0.2) is 35.5 Å². The lowest BCUT2D eigenvalue weighted by Crippen LogP contribution is -2.34. The molecule has 0 fully saturated rings. The Kier molecular flexibility index (Phi) is 4.89. The quantitative estimate of drug-likeness (QED) is 0.853. The largest absolute Gasteiger partial charge is 0.465 e. The van der Waals surface area contributed by atoms with Crippen molar-refractivity contribution in [3.63, 3.8) is 0 Å². The highest BCUT2D eigenvalue weighted by Gasteiger charge is 2.33. The number of ether oxygens (including phenoxy) is 2. The minimum absolute atomic E-state index is 0.0567. The van der Waals surface area contributed by atoms with E-state index in [4.69, 9.17) is 15.2 Å². The second kappa shape index (κ2) is 7.14. The van der Waals surface area contributed by atoms with Crippen LogP contribution in [0, 0.1) is 17.5 Å². The van der Waals surface area contributed by atoms with Crippen LogP contribution >= 0.6 is 0 Å². The highest BCUT2D eigenvalue weighted by atomic mass is 19.1. The highest BCUT2D eigenvalue weighted by Crippen LogP contribution is 2.35. The van der Waals surface area contributed by atoms with Crippen LogP contribution in [-0.2, 0) is 10.3 Å². The second-order valence-corrected chi connectivity index (χ2v) is 5.97. The Morgan fingerprint density at radius 3 is 2.78 bits per heavy atom. The summed E-state index contributed by atoms with van der Waals surface area (Å²) in [5, 5.41) is 2.33. The number of pyridine rings is 1. The van der Waals surface area contributed by atoms with Gasteiger partial charge in [-0.3, -0.25) is 5.32 Å². The van der Waals surface area contributed by atoms with E-state index in [0.717, 1.165) is 6.07 Å². The Bertz CT molecular complexity index is 922. The van der Waals surface area contributed by atoms with Crippen LogP contribution in [0.2, 0.25) is 0 Å². The standard InChI is InChI=1S/C17H15F3N4O3/c1-17(4-5-26-15(21)24-17)11-7-10(2-3-12(11)19)23-16(25)27-14-13(20)6-9(18)8-22-14/h2-3,6-8H,4-5H2,1H3,(H2,21,24)(H,23,25)/t17-/m0/s1. The smallest absolute Gasteiger partial charge is 0.418 e. The molecule has 0 saturated carbocycles. The van der Waals surface area contributed by atoms with Crippen LogP contribution in [0.5, 0.6) is 5.88 Å². The number of carbonyl (C=O) groups is 1. The van der Waals surface area contributed by atoms with Gasteiger partial charge in [-0.2, -0.15) is 0 Å². The molecule has 0 bridgehead atoms.